The van der Waals surface area contributed by atoms with Crippen molar-refractivity contribution in [2.24, 2.45) is 7.05 Å². The van der Waals surface area contributed by atoms with Gasteiger partial charge in [0.25, 0.3) is 0 Å². The highest BCUT2D eigenvalue weighted by Gasteiger charge is 2.24. The lowest BCUT2D eigenvalue weighted by atomic mass is 10.0. The molecule has 0 unspecified atom stereocenters. The molecule has 0 spiro atoms. The maximum absolute atomic E-state index is 4.27. The van der Waals surface area contributed by atoms with E-state index in [1.54, 1.807) is 0 Å². The van der Waals surface area contributed by atoms with Crippen LogP contribution in [0.5, 0.6) is 0 Å². The average Bonchev–Trinajstić information content (AvgIpc) is 2.99. The molecule has 1 saturated heterocycles. The maximum Gasteiger partial charge on any atom is 0.0524 e. The third kappa shape index (κ3) is 2.46. The molecule has 3 rings (SSSR count). The Kier molecular flexibility index (Phi) is 3.15. The zero-order valence-corrected chi connectivity index (χ0v) is 10.8. The van der Waals surface area contributed by atoms with Crippen LogP contribution in [0.4, 0.5) is 0 Å². The zero-order valence-electron chi connectivity index (χ0n) is 10.8. The highest BCUT2D eigenvalue weighted by atomic mass is 15.2. The number of benzene rings is 1. The van der Waals surface area contributed by atoms with Gasteiger partial charge in [0.15, 0.2) is 0 Å². The SMILES string of the molecule is Cn1cc([C@@H]2CCN(Cc3ccccc3)C2)cn1. The van der Waals surface area contributed by atoms with Gasteiger partial charge in [-0.2, -0.15) is 5.10 Å². The van der Waals surface area contributed by atoms with E-state index in [1.807, 2.05) is 17.9 Å². The van der Waals surface area contributed by atoms with Crippen LogP contribution in [0, 0.1) is 0 Å². The second kappa shape index (κ2) is 4.94. The van der Waals surface area contributed by atoms with Crippen LogP contribution in [-0.4, -0.2) is 27.8 Å². The molecule has 0 bridgehead atoms. The minimum absolute atomic E-state index is 0.655. The van der Waals surface area contributed by atoms with Crippen LogP contribution in [0.15, 0.2) is 42.7 Å². The van der Waals surface area contributed by atoms with Gasteiger partial charge < -0.3 is 0 Å². The molecule has 0 amide bonds. The van der Waals surface area contributed by atoms with Crippen molar-refractivity contribution in [1.29, 1.82) is 0 Å². The van der Waals surface area contributed by atoms with Gasteiger partial charge in [0.05, 0.1) is 6.20 Å². The number of rotatable bonds is 3. The predicted molar refractivity (Wildman–Crippen MR) is 72.3 cm³/mol. The number of aryl methyl sites for hydroxylation is 1. The summed E-state index contributed by atoms with van der Waals surface area (Å²) in [5.41, 5.74) is 2.79. The van der Waals surface area contributed by atoms with Gasteiger partial charge in [-0.15, -0.1) is 0 Å². The van der Waals surface area contributed by atoms with Crippen molar-refractivity contribution in [3.63, 3.8) is 0 Å². The largest absolute Gasteiger partial charge is 0.298 e. The topological polar surface area (TPSA) is 21.1 Å². The molecule has 1 aromatic heterocycles. The van der Waals surface area contributed by atoms with Gasteiger partial charge >= 0.3 is 0 Å². The van der Waals surface area contributed by atoms with Gasteiger partial charge in [0, 0.05) is 32.3 Å². The molecule has 1 aromatic carbocycles. The van der Waals surface area contributed by atoms with Crippen molar-refractivity contribution in [3.8, 4) is 0 Å². The van der Waals surface area contributed by atoms with Crippen LogP contribution in [0.1, 0.15) is 23.5 Å². The molecule has 2 heterocycles. The lowest BCUT2D eigenvalue weighted by Gasteiger charge is -2.15. The summed E-state index contributed by atoms with van der Waals surface area (Å²) in [6.45, 7) is 3.41. The van der Waals surface area contributed by atoms with Crippen molar-refractivity contribution >= 4 is 0 Å². The Morgan fingerprint density at radius 2 is 2.11 bits per heavy atom. The van der Waals surface area contributed by atoms with Gasteiger partial charge in [-0.05, 0) is 24.1 Å². The predicted octanol–water partition coefficient (Wildman–Crippen LogP) is 2.41. The fourth-order valence-corrected chi connectivity index (χ4v) is 2.74. The van der Waals surface area contributed by atoms with Crippen LogP contribution in [0.3, 0.4) is 0 Å². The van der Waals surface area contributed by atoms with Gasteiger partial charge in [-0.25, -0.2) is 0 Å². The molecule has 1 atom stereocenters. The molecule has 18 heavy (non-hydrogen) atoms. The molecular weight excluding hydrogens is 222 g/mol. The van der Waals surface area contributed by atoms with Crippen molar-refractivity contribution in [3.05, 3.63) is 53.9 Å². The van der Waals surface area contributed by atoms with Gasteiger partial charge in [0.2, 0.25) is 0 Å². The van der Waals surface area contributed by atoms with E-state index in [4.69, 9.17) is 0 Å². The third-order valence-corrected chi connectivity index (χ3v) is 3.72. The first kappa shape index (κ1) is 11.5. The van der Waals surface area contributed by atoms with Crippen LogP contribution in [0.25, 0.3) is 0 Å². The summed E-state index contributed by atoms with van der Waals surface area (Å²) in [4.78, 5) is 2.53. The number of likely N-dealkylation sites (tertiary alicyclic amines) is 1. The van der Waals surface area contributed by atoms with E-state index in [2.05, 4.69) is 46.5 Å². The Hall–Kier alpha value is -1.61. The van der Waals surface area contributed by atoms with Crippen molar-refractivity contribution in [2.45, 2.75) is 18.9 Å². The summed E-state index contributed by atoms with van der Waals surface area (Å²) in [6, 6.07) is 10.7. The number of hydrogen-bond acceptors (Lipinski definition) is 2. The van der Waals surface area contributed by atoms with Crippen LogP contribution >= 0.6 is 0 Å². The van der Waals surface area contributed by atoms with Crippen LogP contribution < -0.4 is 0 Å². The fraction of sp³-hybridized carbons (Fsp3) is 0.400. The van der Waals surface area contributed by atoms with E-state index in [-0.39, 0.29) is 0 Å². The normalized spacial score (nSPS) is 20.4. The quantitative estimate of drug-likeness (QED) is 0.823. The fourth-order valence-electron chi connectivity index (χ4n) is 2.74. The molecule has 0 saturated carbocycles. The number of aromatic nitrogens is 2. The number of hydrogen-bond donors (Lipinski definition) is 0. The van der Waals surface area contributed by atoms with E-state index in [9.17, 15) is 0 Å². The first-order valence-electron chi connectivity index (χ1n) is 6.56. The van der Waals surface area contributed by atoms with Gasteiger partial charge in [0.1, 0.15) is 0 Å². The molecule has 0 N–H and O–H groups in total. The second-order valence-corrected chi connectivity index (χ2v) is 5.15. The lowest BCUT2D eigenvalue weighted by Crippen LogP contribution is -2.19. The molecule has 0 radical (unpaired) electrons. The highest BCUT2D eigenvalue weighted by molar-refractivity contribution is 5.17. The minimum atomic E-state index is 0.655. The summed E-state index contributed by atoms with van der Waals surface area (Å²) in [5.74, 6) is 0.655. The summed E-state index contributed by atoms with van der Waals surface area (Å²) < 4.78 is 1.90. The third-order valence-electron chi connectivity index (χ3n) is 3.72. The summed E-state index contributed by atoms with van der Waals surface area (Å²) >= 11 is 0. The average molecular weight is 241 g/mol. The molecule has 0 aliphatic carbocycles. The van der Waals surface area contributed by atoms with E-state index in [0.717, 1.165) is 13.1 Å². The molecule has 1 aliphatic heterocycles. The Labute approximate surface area is 108 Å². The maximum atomic E-state index is 4.27. The van der Waals surface area contributed by atoms with Crippen LogP contribution in [-0.2, 0) is 13.6 Å². The lowest BCUT2D eigenvalue weighted by molar-refractivity contribution is 0.327. The molecule has 2 aromatic rings. The van der Waals surface area contributed by atoms with E-state index < -0.39 is 0 Å². The smallest absolute Gasteiger partial charge is 0.0524 e. The standard InChI is InChI=1S/C15H19N3/c1-17-11-15(9-16-17)14-7-8-18(12-14)10-13-5-3-2-4-6-13/h2-6,9,11,14H,7-8,10,12H2,1H3/t14-/m1/s1. The van der Waals surface area contributed by atoms with Crippen molar-refractivity contribution in [2.75, 3.05) is 13.1 Å². The monoisotopic (exact) mass is 241 g/mol. The van der Waals surface area contributed by atoms with E-state index in [1.165, 1.54) is 24.1 Å². The first-order valence-corrected chi connectivity index (χ1v) is 6.56. The number of nitrogens with zero attached hydrogens (tertiary/aromatic N) is 3. The molecule has 3 nitrogen and oxygen atoms in total. The Morgan fingerprint density at radius 3 is 2.83 bits per heavy atom. The van der Waals surface area contributed by atoms with Crippen molar-refractivity contribution in [1.82, 2.24) is 14.7 Å². The van der Waals surface area contributed by atoms with Crippen LogP contribution in [0.2, 0.25) is 0 Å². The van der Waals surface area contributed by atoms with Gasteiger partial charge in [-0.1, -0.05) is 30.3 Å². The highest BCUT2D eigenvalue weighted by Crippen LogP contribution is 2.27. The molecule has 1 aliphatic rings. The molecule has 94 valence electrons. The van der Waals surface area contributed by atoms with Crippen molar-refractivity contribution < 1.29 is 0 Å². The molecule has 1 fully saturated rings. The summed E-state index contributed by atoms with van der Waals surface area (Å²) in [5, 5.41) is 4.27. The Balaban J connectivity index is 1.62. The van der Waals surface area contributed by atoms with E-state index >= 15 is 0 Å². The zero-order chi connectivity index (χ0) is 12.4. The Morgan fingerprint density at radius 1 is 1.28 bits per heavy atom. The molecular formula is C15H19N3. The molecule has 3 heteroatoms. The Bertz CT molecular complexity index is 503. The summed E-state index contributed by atoms with van der Waals surface area (Å²) in [6.07, 6.45) is 5.41. The van der Waals surface area contributed by atoms with Gasteiger partial charge in [-0.3, -0.25) is 9.58 Å². The first-order chi connectivity index (χ1) is 8.81. The summed E-state index contributed by atoms with van der Waals surface area (Å²) in [7, 11) is 1.99. The second-order valence-electron chi connectivity index (χ2n) is 5.15. The van der Waals surface area contributed by atoms with E-state index in [0.29, 0.717) is 5.92 Å². The minimum Gasteiger partial charge on any atom is -0.298 e.